The van der Waals surface area contributed by atoms with E-state index in [4.69, 9.17) is 5.73 Å². The van der Waals surface area contributed by atoms with Crippen LogP contribution in [0.2, 0.25) is 0 Å². The Bertz CT molecular complexity index is 713. The standard InChI is InChI=1S/C14H15F3N6OS/c15-14(16,17)8-19-11(24)7-25-6-10-21-12(18)23-13(22-10)20-9-4-2-1-3-5-9/h1-5H,6-8H2,(H,19,24)(H3,18,20,21,22,23). The van der Waals surface area contributed by atoms with Crippen molar-refractivity contribution in [2.45, 2.75) is 11.9 Å². The highest BCUT2D eigenvalue weighted by atomic mass is 32.2. The number of para-hydroxylation sites is 1. The Morgan fingerprint density at radius 1 is 1.16 bits per heavy atom. The fourth-order valence-electron chi connectivity index (χ4n) is 1.69. The summed E-state index contributed by atoms with van der Waals surface area (Å²) in [7, 11) is 0. The number of carbonyl (C=O) groups excluding carboxylic acids is 1. The number of aromatic nitrogens is 3. The third kappa shape index (κ3) is 7.25. The van der Waals surface area contributed by atoms with E-state index in [0.717, 1.165) is 17.4 Å². The van der Waals surface area contributed by atoms with Crippen LogP contribution in [0, 0.1) is 0 Å². The van der Waals surface area contributed by atoms with Crippen molar-refractivity contribution in [2.24, 2.45) is 0 Å². The predicted molar refractivity (Wildman–Crippen MR) is 89.2 cm³/mol. The first kappa shape index (κ1) is 18.8. The number of nitrogens with two attached hydrogens (primary N) is 1. The molecule has 0 spiro atoms. The van der Waals surface area contributed by atoms with Crippen molar-refractivity contribution in [3.05, 3.63) is 36.2 Å². The van der Waals surface area contributed by atoms with Gasteiger partial charge in [-0.2, -0.15) is 28.1 Å². The molecule has 1 amide bonds. The van der Waals surface area contributed by atoms with Gasteiger partial charge in [0.25, 0.3) is 0 Å². The van der Waals surface area contributed by atoms with Crippen molar-refractivity contribution < 1.29 is 18.0 Å². The molecule has 11 heteroatoms. The molecule has 0 radical (unpaired) electrons. The summed E-state index contributed by atoms with van der Waals surface area (Å²) in [5, 5.41) is 4.75. The zero-order valence-corrected chi connectivity index (χ0v) is 13.7. The van der Waals surface area contributed by atoms with Gasteiger partial charge in [0.15, 0.2) is 0 Å². The first-order chi connectivity index (χ1) is 11.8. The average molecular weight is 372 g/mol. The van der Waals surface area contributed by atoms with Crippen molar-refractivity contribution in [1.29, 1.82) is 0 Å². The second-order valence-corrected chi connectivity index (χ2v) is 5.79. The van der Waals surface area contributed by atoms with Crippen LogP contribution in [-0.2, 0) is 10.5 Å². The van der Waals surface area contributed by atoms with E-state index in [2.05, 4.69) is 20.3 Å². The number of nitrogens with one attached hydrogen (secondary N) is 2. The molecule has 1 aromatic carbocycles. The summed E-state index contributed by atoms with van der Waals surface area (Å²) in [6.07, 6.45) is -4.43. The minimum Gasteiger partial charge on any atom is -0.368 e. The van der Waals surface area contributed by atoms with Gasteiger partial charge in [0.1, 0.15) is 12.4 Å². The Labute approximate surface area is 145 Å². The molecule has 1 heterocycles. The van der Waals surface area contributed by atoms with Crippen LogP contribution in [0.4, 0.5) is 30.8 Å². The monoisotopic (exact) mass is 372 g/mol. The van der Waals surface area contributed by atoms with Crippen LogP contribution in [0.3, 0.4) is 0 Å². The van der Waals surface area contributed by atoms with Gasteiger partial charge < -0.3 is 16.4 Å². The Hall–Kier alpha value is -2.56. The molecular weight excluding hydrogens is 357 g/mol. The number of nitrogen functional groups attached to an aromatic ring is 1. The number of halogens is 3. The van der Waals surface area contributed by atoms with Gasteiger partial charge in [-0.1, -0.05) is 18.2 Å². The molecule has 2 rings (SSSR count). The van der Waals surface area contributed by atoms with E-state index in [0.29, 0.717) is 5.82 Å². The zero-order valence-electron chi connectivity index (χ0n) is 12.9. The lowest BCUT2D eigenvalue weighted by atomic mass is 10.3. The molecular formula is C14H15F3N6OS. The largest absolute Gasteiger partial charge is 0.405 e. The Morgan fingerprint density at radius 2 is 1.88 bits per heavy atom. The third-order valence-corrected chi connectivity index (χ3v) is 3.61. The van der Waals surface area contributed by atoms with Crippen LogP contribution < -0.4 is 16.4 Å². The van der Waals surface area contributed by atoms with Crippen LogP contribution in [0.1, 0.15) is 5.82 Å². The molecule has 0 aliphatic carbocycles. The topological polar surface area (TPSA) is 106 Å². The molecule has 0 fully saturated rings. The minimum absolute atomic E-state index is 0.00514. The van der Waals surface area contributed by atoms with E-state index in [9.17, 15) is 18.0 Å². The summed E-state index contributed by atoms with van der Waals surface area (Å²) >= 11 is 1.07. The highest BCUT2D eigenvalue weighted by molar-refractivity contribution is 7.99. The molecule has 0 aliphatic heterocycles. The molecule has 0 saturated heterocycles. The number of nitrogens with zero attached hydrogens (tertiary/aromatic N) is 3. The lowest BCUT2D eigenvalue weighted by Crippen LogP contribution is -2.34. The molecule has 0 unspecified atom stereocenters. The SMILES string of the molecule is Nc1nc(CSCC(=O)NCC(F)(F)F)nc(Nc2ccccc2)n1. The molecule has 4 N–H and O–H groups in total. The summed E-state index contributed by atoms with van der Waals surface area (Å²) < 4.78 is 36.0. The van der Waals surface area contributed by atoms with Gasteiger partial charge in [-0.25, -0.2) is 0 Å². The van der Waals surface area contributed by atoms with Crippen LogP contribution in [-0.4, -0.2) is 39.3 Å². The van der Waals surface area contributed by atoms with E-state index in [-0.39, 0.29) is 23.4 Å². The van der Waals surface area contributed by atoms with E-state index in [1.165, 1.54) is 0 Å². The smallest absolute Gasteiger partial charge is 0.368 e. The average Bonchev–Trinajstić information content (AvgIpc) is 2.53. The summed E-state index contributed by atoms with van der Waals surface area (Å²) in [5.41, 5.74) is 6.39. The molecule has 0 aliphatic rings. The van der Waals surface area contributed by atoms with Crippen LogP contribution >= 0.6 is 11.8 Å². The number of carbonyl (C=O) groups is 1. The molecule has 0 bridgehead atoms. The van der Waals surface area contributed by atoms with E-state index in [1.54, 1.807) is 5.32 Å². The fourth-order valence-corrected chi connectivity index (χ4v) is 2.40. The molecule has 1 aromatic heterocycles. The van der Waals surface area contributed by atoms with Crippen LogP contribution in [0.25, 0.3) is 0 Å². The third-order valence-electron chi connectivity index (χ3n) is 2.68. The van der Waals surface area contributed by atoms with Crippen molar-refractivity contribution in [3.63, 3.8) is 0 Å². The summed E-state index contributed by atoms with van der Waals surface area (Å²) in [6, 6.07) is 9.17. The highest BCUT2D eigenvalue weighted by Gasteiger charge is 2.27. The number of alkyl halides is 3. The zero-order chi connectivity index (χ0) is 18.3. The van der Waals surface area contributed by atoms with Gasteiger partial charge in [-0.15, -0.1) is 11.8 Å². The summed E-state index contributed by atoms with van der Waals surface area (Å²) in [6.45, 7) is -1.35. The van der Waals surface area contributed by atoms with Crippen molar-refractivity contribution in [3.8, 4) is 0 Å². The molecule has 2 aromatic rings. The van der Waals surface area contributed by atoms with Crippen molar-refractivity contribution >= 4 is 35.3 Å². The fraction of sp³-hybridized carbons (Fsp3) is 0.286. The molecule has 7 nitrogen and oxygen atoms in total. The van der Waals surface area contributed by atoms with Gasteiger partial charge >= 0.3 is 6.18 Å². The highest BCUT2D eigenvalue weighted by Crippen LogP contribution is 2.16. The lowest BCUT2D eigenvalue weighted by molar-refractivity contribution is -0.136. The van der Waals surface area contributed by atoms with Gasteiger partial charge in [0.2, 0.25) is 17.8 Å². The van der Waals surface area contributed by atoms with E-state index < -0.39 is 18.6 Å². The number of hydrogen-bond acceptors (Lipinski definition) is 7. The quantitative estimate of drug-likeness (QED) is 0.683. The molecule has 0 atom stereocenters. The Kier molecular flexibility index (Phi) is 6.39. The van der Waals surface area contributed by atoms with Gasteiger partial charge in [-0.3, -0.25) is 4.79 Å². The summed E-state index contributed by atoms with van der Waals surface area (Å²) in [4.78, 5) is 23.4. The van der Waals surface area contributed by atoms with Gasteiger partial charge in [0.05, 0.1) is 11.5 Å². The predicted octanol–water partition coefficient (Wildman–Crippen LogP) is 2.11. The Balaban J connectivity index is 1.87. The first-order valence-electron chi connectivity index (χ1n) is 7.05. The minimum atomic E-state index is -4.43. The Morgan fingerprint density at radius 3 is 2.56 bits per heavy atom. The number of anilines is 3. The van der Waals surface area contributed by atoms with Gasteiger partial charge in [-0.05, 0) is 12.1 Å². The number of thioether (sulfide) groups is 1. The molecule has 134 valence electrons. The second-order valence-electron chi connectivity index (χ2n) is 4.81. The normalized spacial score (nSPS) is 11.2. The number of benzene rings is 1. The maximum absolute atomic E-state index is 12.0. The lowest BCUT2D eigenvalue weighted by Gasteiger charge is -2.08. The van der Waals surface area contributed by atoms with Gasteiger partial charge in [0, 0.05) is 5.69 Å². The maximum Gasteiger partial charge on any atom is 0.405 e. The molecule has 25 heavy (non-hydrogen) atoms. The number of rotatable bonds is 7. The van der Waals surface area contributed by atoms with E-state index in [1.807, 2.05) is 30.3 Å². The number of amides is 1. The maximum atomic E-state index is 12.0. The second kappa shape index (κ2) is 8.51. The molecule has 0 saturated carbocycles. The number of hydrogen-bond donors (Lipinski definition) is 3. The van der Waals surface area contributed by atoms with E-state index >= 15 is 0 Å². The van der Waals surface area contributed by atoms with Crippen LogP contribution in [0.15, 0.2) is 30.3 Å². The van der Waals surface area contributed by atoms with Crippen molar-refractivity contribution in [2.75, 3.05) is 23.3 Å². The van der Waals surface area contributed by atoms with Crippen molar-refractivity contribution in [1.82, 2.24) is 20.3 Å². The first-order valence-corrected chi connectivity index (χ1v) is 8.21. The summed E-state index contributed by atoms with van der Waals surface area (Å²) in [5.74, 6) is -0.0911. The van der Waals surface area contributed by atoms with Crippen LogP contribution in [0.5, 0.6) is 0 Å².